The second kappa shape index (κ2) is 4.28. The summed E-state index contributed by atoms with van der Waals surface area (Å²) in [6.07, 6.45) is 3.06. The lowest BCUT2D eigenvalue weighted by Gasteiger charge is -1.98. The maximum Gasteiger partial charge on any atom is 0.245 e. The van der Waals surface area contributed by atoms with Gasteiger partial charge in [-0.15, -0.1) is 0 Å². The maximum absolute atomic E-state index is 10.6. The third-order valence-electron chi connectivity index (χ3n) is 2.18. The minimum atomic E-state index is -0.455. The lowest BCUT2D eigenvalue weighted by molar-refractivity contribution is -0.107. The average molecular weight is 217 g/mol. The summed E-state index contributed by atoms with van der Waals surface area (Å²) in [5, 5.41) is 1.89. The summed E-state index contributed by atoms with van der Waals surface area (Å²) in [6, 6.07) is 14.1. The van der Waals surface area contributed by atoms with Crippen molar-refractivity contribution in [1.82, 2.24) is 0 Å². The third-order valence-corrected chi connectivity index (χ3v) is 2.31. The lowest BCUT2D eigenvalue weighted by Crippen LogP contribution is -1.78. The number of rotatable bonds is 2. The van der Waals surface area contributed by atoms with E-state index in [9.17, 15) is 4.79 Å². The van der Waals surface area contributed by atoms with Crippen molar-refractivity contribution in [2.75, 3.05) is 0 Å². The summed E-state index contributed by atoms with van der Waals surface area (Å²) in [7, 11) is 0. The Morgan fingerprint density at radius 1 is 1.07 bits per heavy atom. The Kier molecular flexibility index (Phi) is 2.84. The van der Waals surface area contributed by atoms with Gasteiger partial charge < -0.3 is 0 Å². The van der Waals surface area contributed by atoms with E-state index in [4.69, 9.17) is 11.6 Å². The van der Waals surface area contributed by atoms with Crippen LogP contribution in [0, 0.1) is 0 Å². The highest BCUT2D eigenvalue weighted by Gasteiger charge is 1.93. The van der Waals surface area contributed by atoms with Crippen LogP contribution in [-0.4, -0.2) is 5.24 Å². The van der Waals surface area contributed by atoms with Crippen LogP contribution in [0.4, 0.5) is 0 Å². The van der Waals surface area contributed by atoms with Gasteiger partial charge in [-0.3, -0.25) is 4.79 Å². The number of hydrogen-bond donors (Lipinski definition) is 0. The summed E-state index contributed by atoms with van der Waals surface area (Å²) >= 11 is 5.22. The van der Waals surface area contributed by atoms with E-state index in [0.717, 1.165) is 10.9 Å². The summed E-state index contributed by atoms with van der Waals surface area (Å²) in [5.41, 5.74) is 0.975. The van der Waals surface area contributed by atoms with Crippen LogP contribution in [0.15, 0.2) is 48.5 Å². The van der Waals surface area contributed by atoms with E-state index in [1.165, 1.54) is 11.5 Å². The number of allylic oxidation sites excluding steroid dienone is 1. The van der Waals surface area contributed by atoms with Crippen LogP contribution < -0.4 is 0 Å². The minimum absolute atomic E-state index is 0.455. The van der Waals surface area contributed by atoms with Gasteiger partial charge in [0, 0.05) is 0 Å². The molecule has 2 aromatic rings. The molecule has 0 saturated heterocycles. The summed E-state index contributed by atoms with van der Waals surface area (Å²) in [6.45, 7) is 0. The van der Waals surface area contributed by atoms with E-state index in [2.05, 4.69) is 6.07 Å². The molecule has 2 heteroatoms. The van der Waals surface area contributed by atoms with Gasteiger partial charge in [-0.2, -0.15) is 0 Å². The molecule has 0 radical (unpaired) electrons. The molecular formula is C13H9ClO. The van der Waals surface area contributed by atoms with E-state index < -0.39 is 5.24 Å². The van der Waals surface area contributed by atoms with Crippen molar-refractivity contribution in [2.45, 2.75) is 0 Å². The Hall–Kier alpha value is -1.60. The SMILES string of the molecule is O=C(Cl)/C=C/c1ccc2ccccc2c1. The van der Waals surface area contributed by atoms with Crippen LogP contribution in [0.25, 0.3) is 16.8 Å². The molecule has 0 aliphatic rings. The Morgan fingerprint density at radius 3 is 2.53 bits per heavy atom. The quantitative estimate of drug-likeness (QED) is 0.554. The fourth-order valence-corrected chi connectivity index (χ4v) is 1.54. The first-order valence-electron chi connectivity index (χ1n) is 4.62. The molecule has 0 spiro atoms. The van der Waals surface area contributed by atoms with Gasteiger partial charge in [0.2, 0.25) is 5.24 Å². The first-order valence-corrected chi connectivity index (χ1v) is 5.00. The van der Waals surface area contributed by atoms with Crippen molar-refractivity contribution in [3.05, 3.63) is 54.1 Å². The molecular weight excluding hydrogens is 208 g/mol. The van der Waals surface area contributed by atoms with Crippen molar-refractivity contribution in [3.63, 3.8) is 0 Å². The van der Waals surface area contributed by atoms with Crippen LogP contribution >= 0.6 is 11.6 Å². The van der Waals surface area contributed by atoms with Crippen LogP contribution in [0.5, 0.6) is 0 Å². The molecule has 0 N–H and O–H groups in total. The molecule has 2 rings (SSSR count). The normalized spacial score (nSPS) is 11.0. The van der Waals surface area contributed by atoms with Crippen LogP contribution in [0.2, 0.25) is 0 Å². The standard InChI is InChI=1S/C13H9ClO/c14-13(15)8-6-10-5-7-11-3-1-2-4-12(11)9-10/h1-9H/b8-6+. The zero-order chi connectivity index (χ0) is 10.7. The number of halogens is 1. The van der Waals surface area contributed by atoms with Gasteiger partial charge in [0.15, 0.2) is 0 Å². The van der Waals surface area contributed by atoms with Gasteiger partial charge >= 0.3 is 0 Å². The molecule has 0 fully saturated rings. The maximum atomic E-state index is 10.6. The molecule has 74 valence electrons. The Morgan fingerprint density at radius 2 is 1.80 bits per heavy atom. The monoisotopic (exact) mass is 216 g/mol. The minimum Gasteiger partial charge on any atom is -0.276 e. The smallest absolute Gasteiger partial charge is 0.245 e. The number of benzene rings is 2. The van der Waals surface area contributed by atoms with Crippen molar-refractivity contribution in [1.29, 1.82) is 0 Å². The molecule has 0 heterocycles. The number of hydrogen-bond acceptors (Lipinski definition) is 1. The molecule has 0 bridgehead atoms. The number of carbonyl (C=O) groups is 1. The van der Waals surface area contributed by atoms with Crippen LogP contribution in [-0.2, 0) is 4.79 Å². The third kappa shape index (κ3) is 2.45. The van der Waals surface area contributed by atoms with E-state index in [1.54, 1.807) is 6.08 Å². The summed E-state index contributed by atoms with van der Waals surface area (Å²) < 4.78 is 0. The molecule has 0 aliphatic carbocycles. The van der Waals surface area contributed by atoms with Crippen LogP contribution in [0.1, 0.15) is 5.56 Å². The number of fused-ring (bicyclic) bond motifs is 1. The predicted molar refractivity (Wildman–Crippen MR) is 63.8 cm³/mol. The zero-order valence-electron chi connectivity index (χ0n) is 7.98. The van der Waals surface area contributed by atoms with E-state index >= 15 is 0 Å². The highest BCUT2D eigenvalue weighted by Crippen LogP contribution is 2.16. The van der Waals surface area contributed by atoms with Gasteiger partial charge in [-0.25, -0.2) is 0 Å². The summed E-state index contributed by atoms with van der Waals surface area (Å²) in [5.74, 6) is 0. The zero-order valence-corrected chi connectivity index (χ0v) is 8.74. The molecule has 0 aliphatic heterocycles. The highest BCUT2D eigenvalue weighted by molar-refractivity contribution is 6.66. The van der Waals surface area contributed by atoms with Gasteiger partial charge in [0.1, 0.15) is 0 Å². The van der Waals surface area contributed by atoms with Gasteiger partial charge in [-0.1, -0.05) is 42.5 Å². The Labute approximate surface area is 93.0 Å². The largest absolute Gasteiger partial charge is 0.276 e. The number of carbonyl (C=O) groups excluding carboxylic acids is 1. The van der Waals surface area contributed by atoms with E-state index in [1.807, 2.05) is 36.4 Å². The first-order chi connectivity index (χ1) is 7.25. The Bertz CT molecular complexity index is 529. The fourth-order valence-electron chi connectivity index (χ4n) is 1.47. The molecule has 2 aromatic carbocycles. The summed E-state index contributed by atoms with van der Waals surface area (Å²) in [4.78, 5) is 10.6. The lowest BCUT2D eigenvalue weighted by atomic mass is 10.1. The molecule has 0 unspecified atom stereocenters. The second-order valence-electron chi connectivity index (χ2n) is 3.24. The highest BCUT2D eigenvalue weighted by atomic mass is 35.5. The van der Waals surface area contributed by atoms with Crippen molar-refractivity contribution in [2.24, 2.45) is 0 Å². The van der Waals surface area contributed by atoms with Gasteiger partial charge in [-0.05, 0) is 40.1 Å². The van der Waals surface area contributed by atoms with Crippen molar-refractivity contribution < 1.29 is 4.79 Å². The molecule has 1 nitrogen and oxygen atoms in total. The van der Waals surface area contributed by atoms with Crippen LogP contribution in [0.3, 0.4) is 0 Å². The van der Waals surface area contributed by atoms with E-state index in [-0.39, 0.29) is 0 Å². The van der Waals surface area contributed by atoms with Gasteiger partial charge in [0.25, 0.3) is 0 Å². The first kappa shape index (κ1) is 9.94. The Balaban J connectivity index is 2.43. The molecule has 0 amide bonds. The van der Waals surface area contributed by atoms with Crippen molar-refractivity contribution >= 4 is 33.7 Å². The predicted octanol–water partition coefficient (Wildman–Crippen LogP) is 3.62. The van der Waals surface area contributed by atoms with Crippen molar-refractivity contribution in [3.8, 4) is 0 Å². The molecule has 0 atom stereocenters. The molecule has 0 aromatic heterocycles. The second-order valence-corrected chi connectivity index (χ2v) is 3.62. The average Bonchev–Trinajstić information content (AvgIpc) is 2.26. The molecule has 0 saturated carbocycles. The fraction of sp³-hybridized carbons (Fsp3) is 0. The molecule has 15 heavy (non-hydrogen) atoms. The van der Waals surface area contributed by atoms with Gasteiger partial charge in [0.05, 0.1) is 0 Å². The van der Waals surface area contributed by atoms with E-state index in [0.29, 0.717) is 0 Å². The topological polar surface area (TPSA) is 17.1 Å².